The first kappa shape index (κ1) is 25.2. The highest BCUT2D eigenvalue weighted by molar-refractivity contribution is 5.92. The topological polar surface area (TPSA) is 89.0 Å². The molecular formula is C28H31FN6O. The minimum atomic E-state index is -0.369. The van der Waals surface area contributed by atoms with E-state index in [0.29, 0.717) is 28.7 Å². The monoisotopic (exact) mass is 486 g/mol. The molecule has 0 amide bonds. The van der Waals surface area contributed by atoms with Crippen molar-refractivity contribution in [1.29, 1.82) is 10.5 Å². The number of anilines is 2. The second-order valence-electron chi connectivity index (χ2n) is 9.97. The number of aromatic nitrogens is 2. The fourth-order valence-corrected chi connectivity index (χ4v) is 5.33. The lowest BCUT2D eigenvalue weighted by molar-refractivity contribution is 0.360. The lowest BCUT2D eigenvalue weighted by atomic mass is 9.88. The molecule has 36 heavy (non-hydrogen) atoms. The summed E-state index contributed by atoms with van der Waals surface area (Å²) in [5.41, 5.74) is 2.52. The molecule has 0 atom stereocenters. The Labute approximate surface area is 211 Å². The Morgan fingerprint density at radius 1 is 1.06 bits per heavy atom. The van der Waals surface area contributed by atoms with E-state index in [4.69, 9.17) is 0 Å². The van der Waals surface area contributed by atoms with Crippen LogP contribution in [0.2, 0.25) is 0 Å². The Morgan fingerprint density at radius 2 is 1.69 bits per heavy atom. The highest BCUT2D eigenvalue weighted by Gasteiger charge is 2.31. The van der Waals surface area contributed by atoms with Crippen molar-refractivity contribution in [2.75, 3.05) is 23.4 Å². The first-order chi connectivity index (χ1) is 17.2. The van der Waals surface area contributed by atoms with Gasteiger partial charge in [-0.3, -0.25) is 4.79 Å². The van der Waals surface area contributed by atoms with Crippen molar-refractivity contribution < 1.29 is 4.39 Å². The zero-order valence-electron chi connectivity index (χ0n) is 21.2. The quantitative estimate of drug-likeness (QED) is 0.501. The second-order valence-corrected chi connectivity index (χ2v) is 9.97. The third kappa shape index (κ3) is 4.77. The van der Waals surface area contributed by atoms with Gasteiger partial charge in [0.25, 0.3) is 5.56 Å². The van der Waals surface area contributed by atoms with Crippen LogP contribution >= 0.6 is 0 Å². The first-order valence-corrected chi connectivity index (χ1v) is 12.3. The average Bonchev–Trinajstić information content (AvgIpc) is 2.89. The van der Waals surface area contributed by atoms with E-state index in [1.807, 2.05) is 24.1 Å². The molecule has 0 bridgehead atoms. The molecule has 1 aromatic carbocycles. The van der Waals surface area contributed by atoms with Crippen molar-refractivity contribution in [3.63, 3.8) is 0 Å². The molecule has 1 fully saturated rings. The van der Waals surface area contributed by atoms with E-state index in [1.54, 1.807) is 19.2 Å². The Kier molecular flexibility index (Phi) is 7.26. The minimum absolute atomic E-state index is 0.0463. The zero-order chi connectivity index (χ0) is 26.0. The molecule has 186 valence electrons. The molecule has 0 radical (unpaired) electrons. The number of hydrogen-bond acceptors (Lipinski definition) is 6. The van der Waals surface area contributed by atoms with Crippen molar-refractivity contribution in [1.82, 2.24) is 9.55 Å². The fourth-order valence-electron chi connectivity index (χ4n) is 5.33. The average molecular weight is 487 g/mol. The van der Waals surface area contributed by atoms with Crippen molar-refractivity contribution in [3.05, 3.63) is 63.8 Å². The van der Waals surface area contributed by atoms with Crippen LogP contribution in [0.4, 0.5) is 15.8 Å². The summed E-state index contributed by atoms with van der Waals surface area (Å²) in [7, 11) is 3.53. The summed E-state index contributed by atoms with van der Waals surface area (Å²) in [6.45, 7) is 5.25. The zero-order valence-corrected chi connectivity index (χ0v) is 21.2. The molecule has 1 aliphatic carbocycles. The third-order valence-electron chi connectivity index (χ3n) is 7.17. The number of hydrogen-bond donors (Lipinski definition) is 0. The molecule has 1 aliphatic rings. The molecule has 0 aliphatic heterocycles. The number of halogens is 1. The van der Waals surface area contributed by atoms with Gasteiger partial charge in [-0.2, -0.15) is 10.5 Å². The number of nitrogens with zero attached hydrogens (tertiary/aromatic N) is 6. The van der Waals surface area contributed by atoms with Gasteiger partial charge in [0, 0.05) is 38.4 Å². The fraction of sp³-hybridized carbons (Fsp3) is 0.429. The van der Waals surface area contributed by atoms with Crippen LogP contribution in [0.1, 0.15) is 50.8 Å². The predicted octanol–water partition coefficient (Wildman–Crippen LogP) is 4.73. The van der Waals surface area contributed by atoms with Crippen molar-refractivity contribution >= 4 is 22.4 Å². The van der Waals surface area contributed by atoms with Crippen molar-refractivity contribution in [2.45, 2.75) is 51.6 Å². The molecule has 4 rings (SSSR count). The molecule has 2 heterocycles. The van der Waals surface area contributed by atoms with Crippen LogP contribution in [0.15, 0.2) is 41.2 Å². The van der Waals surface area contributed by atoms with Crippen molar-refractivity contribution in [2.24, 2.45) is 13.0 Å². The molecule has 3 aromatic rings. The molecule has 1 saturated carbocycles. The summed E-state index contributed by atoms with van der Waals surface area (Å²) < 4.78 is 15.0. The van der Waals surface area contributed by atoms with E-state index in [1.165, 1.54) is 16.7 Å². The maximum absolute atomic E-state index is 13.5. The van der Waals surface area contributed by atoms with Gasteiger partial charge in [0.05, 0.1) is 11.2 Å². The maximum Gasteiger partial charge on any atom is 0.270 e. The summed E-state index contributed by atoms with van der Waals surface area (Å²) in [4.78, 5) is 21.9. The number of aryl methyl sites for hydroxylation is 1. The van der Waals surface area contributed by atoms with Gasteiger partial charge in [-0.25, -0.2) is 9.37 Å². The normalized spacial score (nSPS) is 17.6. The summed E-state index contributed by atoms with van der Waals surface area (Å²) in [5.74, 6) is 0.220. The summed E-state index contributed by atoms with van der Waals surface area (Å²) >= 11 is 0. The number of benzene rings is 1. The van der Waals surface area contributed by atoms with E-state index in [-0.39, 0.29) is 28.7 Å². The van der Waals surface area contributed by atoms with Crippen LogP contribution in [0, 0.1) is 34.4 Å². The number of fused-ring (bicyclic) bond motifs is 1. The molecule has 0 saturated heterocycles. The van der Waals surface area contributed by atoms with Crippen LogP contribution in [0.5, 0.6) is 0 Å². The van der Waals surface area contributed by atoms with Gasteiger partial charge in [-0.15, -0.1) is 0 Å². The Morgan fingerprint density at radius 3 is 2.28 bits per heavy atom. The molecule has 0 N–H and O–H groups in total. The van der Waals surface area contributed by atoms with Crippen LogP contribution in [-0.4, -0.2) is 35.2 Å². The van der Waals surface area contributed by atoms with Gasteiger partial charge in [-0.1, -0.05) is 13.8 Å². The molecule has 8 heteroatoms. The van der Waals surface area contributed by atoms with Gasteiger partial charge in [-0.05, 0) is 68.0 Å². The molecule has 0 unspecified atom stereocenters. The lowest BCUT2D eigenvalue weighted by Gasteiger charge is -2.42. The largest absolute Gasteiger partial charge is 0.369 e. The Hall–Kier alpha value is -3.91. The van der Waals surface area contributed by atoms with Crippen LogP contribution in [0.25, 0.3) is 11.0 Å². The maximum atomic E-state index is 13.5. The number of rotatable bonds is 6. The second kappa shape index (κ2) is 10.4. The summed E-state index contributed by atoms with van der Waals surface area (Å²) in [6, 6.07) is 14.6. The van der Waals surface area contributed by atoms with Gasteiger partial charge in [0.15, 0.2) is 0 Å². The highest BCUT2D eigenvalue weighted by Crippen LogP contribution is 2.35. The highest BCUT2D eigenvalue weighted by atomic mass is 19.1. The van der Waals surface area contributed by atoms with E-state index in [2.05, 4.69) is 35.9 Å². The SMILES string of the molecule is CC(C)CN(c1ccc(F)cc1)C1CCC(N(C)c2c(C#N)c(=O)n(C)c3ccc(C#N)nc23)CC1. The first-order valence-electron chi connectivity index (χ1n) is 12.3. The van der Waals surface area contributed by atoms with Crippen molar-refractivity contribution in [3.8, 4) is 12.1 Å². The third-order valence-corrected chi connectivity index (χ3v) is 7.17. The number of nitriles is 2. The van der Waals surface area contributed by atoms with E-state index < -0.39 is 0 Å². The Balaban J connectivity index is 1.64. The number of pyridine rings is 2. The van der Waals surface area contributed by atoms with E-state index in [9.17, 15) is 19.7 Å². The minimum Gasteiger partial charge on any atom is -0.369 e. The van der Waals surface area contributed by atoms with Gasteiger partial charge in [0.1, 0.15) is 34.7 Å². The molecule has 2 aromatic heterocycles. The van der Waals surface area contributed by atoms with Gasteiger partial charge >= 0.3 is 0 Å². The van der Waals surface area contributed by atoms with E-state index in [0.717, 1.165) is 37.9 Å². The molecule has 0 spiro atoms. The van der Waals surface area contributed by atoms with Gasteiger partial charge < -0.3 is 14.4 Å². The molecular weight excluding hydrogens is 455 g/mol. The van der Waals surface area contributed by atoms with E-state index >= 15 is 0 Å². The van der Waals surface area contributed by atoms with Crippen LogP contribution in [0.3, 0.4) is 0 Å². The summed E-state index contributed by atoms with van der Waals surface area (Å²) in [5, 5.41) is 19.3. The Bertz CT molecular complexity index is 1390. The van der Waals surface area contributed by atoms with Gasteiger partial charge in [0.2, 0.25) is 0 Å². The van der Waals surface area contributed by atoms with Crippen LogP contribution in [-0.2, 0) is 7.05 Å². The standard InChI is InChI=1S/C28H31FN6O/c1-18(2)17-35(22-8-5-19(29)6-9-22)23-12-10-21(11-13-23)33(3)27-24(16-31)28(36)34(4)25-14-7-20(15-30)32-26(25)27/h5-9,14,18,21,23H,10-13,17H2,1-4H3. The lowest BCUT2D eigenvalue weighted by Crippen LogP contribution is -2.45. The molecule has 7 nitrogen and oxygen atoms in total. The smallest absolute Gasteiger partial charge is 0.270 e. The van der Waals surface area contributed by atoms with Crippen LogP contribution < -0.4 is 15.4 Å². The predicted molar refractivity (Wildman–Crippen MR) is 139 cm³/mol. The summed E-state index contributed by atoms with van der Waals surface area (Å²) in [6.07, 6.45) is 3.61.